The number of phenolic OH excluding ortho intramolecular Hbond substituents is 1. The molecule has 22 heavy (non-hydrogen) atoms. The van der Waals surface area contributed by atoms with Gasteiger partial charge >= 0.3 is 0 Å². The van der Waals surface area contributed by atoms with Crippen LogP contribution in [-0.2, 0) is 4.79 Å². The number of para-hydroxylation sites is 1. The molecule has 1 aliphatic heterocycles. The fourth-order valence-electron chi connectivity index (χ4n) is 2.11. The van der Waals surface area contributed by atoms with Crippen molar-refractivity contribution in [2.75, 3.05) is 0 Å². The Morgan fingerprint density at radius 2 is 2.05 bits per heavy atom. The van der Waals surface area contributed by atoms with Crippen LogP contribution in [0.3, 0.4) is 0 Å². The molecule has 2 aromatic rings. The van der Waals surface area contributed by atoms with Crippen LogP contribution in [-0.4, -0.2) is 27.6 Å². The van der Waals surface area contributed by atoms with Crippen LogP contribution >= 0.6 is 0 Å². The SMILES string of the molecule is CC1=NN(C(=O)c2ccccc2O)C(=O)/C1=C\c1ccco1. The lowest BCUT2D eigenvalue weighted by Crippen LogP contribution is -2.29. The Morgan fingerprint density at radius 1 is 1.27 bits per heavy atom. The van der Waals surface area contributed by atoms with Gasteiger partial charge in [0.1, 0.15) is 11.5 Å². The van der Waals surface area contributed by atoms with Crippen molar-refractivity contribution >= 4 is 23.6 Å². The van der Waals surface area contributed by atoms with E-state index in [1.165, 1.54) is 24.5 Å². The van der Waals surface area contributed by atoms with Gasteiger partial charge in [-0.3, -0.25) is 9.59 Å². The van der Waals surface area contributed by atoms with Crippen LogP contribution in [0.25, 0.3) is 6.08 Å². The van der Waals surface area contributed by atoms with Crippen LogP contribution < -0.4 is 0 Å². The number of nitrogens with zero attached hydrogens (tertiary/aromatic N) is 2. The molecule has 2 heterocycles. The summed E-state index contributed by atoms with van der Waals surface area (Å²) in [6.07, 6.45) is 3.02. The highest BCUT2D eigenvalue weighted by Gasteiger charge is 2.34. The van der Waals surface area contributed by atoms with E-state index < -0.39 is 11.8 Å². The van der Waals surface area contributed by atoms with Gasteiger partial charge in [-0.1, -0.05) is 12.1 Å². The maximum atomic E-state index is 12.4. The summed E-state index contributed by atoms with van der Waals surface area (Å²) in [5.41, 5.74) is 0.704. The quantitative estimate of drug-likeness (QED) is 0.681. The van der Waals surface area contributed by atoms with Crippen LogP contribution in [0.2, 0.25) is 0 Å². The van der Waals surface area contributed by atoms with Crippen LogP contribution in [0.4, 0.5) is 0 Å². The summed E-state index contributed by atoms with van der Waals surface area (Å²) in [5.74, 6) is -0.932. The van der Waals surface area contributed by atoms with E-state index in [9.17, 15) is 14.7 Å². The van der Waals surface area contributed by atoms with Crippen molar-refractivity contribution in [1.82, 2.24) is 5.01 Å². The first kappa shape index (κ1) is 13.8. The molecule has 6 nitrogen and oxygen atoms in total. The molecule has 0 bridgehead atoms. The third kappa shape index (κ3) is 2.31. The van der Waals surface area contributed by atoms with E-state index in [0.717, 1.165) is 5.01 Å². The fourth-order valence-corrected chi connectivity index (χ4v) is 2.11. The molecule has 0 atom stereocenters. The molecule has 6 heteroatoms. The summed E-state index contributed by atoms with van der Waals surface area (Å²) >= 11 is 0. The van der Waals surface area contributed by atoms with E-state index in [4.69, 9.17) is 4.42 Å². The van der Waals surface area contributed by atoms with Crippen molar-refractivity contribution in [3.8, 4) is 5.75 Å². The number of furan rings is 1. The van der Waals surface area contributed by atoms with Crippen molar-refractivity contribution in [2.24, 2.45) is 5.10 Å². The highest BCUT2D eigenvalue weighted by molar-refractivity contribution is 6.30. The number of carbonyl (C=O) groups excluding carboxylic acids is 2. The third-order valence-corrected chi connectivity index (χ3v) is 3.22. The third-order valence-electron chi connectivity index (χ3n) is 3.22. The Morgan fingerprint density at radius 3 is 2.73 bits per heavy atom. The molecule has 3 rings (SSSR count). The second-order valence-corrected chi connectivity index (χ2v) is 4.70. The number of imide groups is 1. The second-order valence-electron chi connectivity index (χ2n) is 4.70. The molecule has 0 aliphatic carbocycles. The predicted molar refractivity (Wildman–Crippen MR) is 79.1 cm³/mol. The molecule has 1 aliphatic rings. The highest BCUT2D eigenvalue weighted by Crippen LogP contribution is 2.24. The van der Waals surface area contributed by atoms with Crippen molar-refractivity contribution in [3.05, 3.63) is 59.6 Å². The largest absolute Gasteiger partial charge is 0.507 e. The molecule has 1 N–H and O–H groups in total. The fraction of sp³-hybridized carbons (Fsp3) is 0.0625. The van der Waals surface area contributed by atoms with Gasteiger partial charge in [0.05, 0.1) is 23.1 Å². The maximum Gasteiger partial charge on any atom is 0.285 e. The van der Waals surface area contributed by atoms with E-state index in [1.807, 2.05) is 0 Å². The number of amides is 2. The van der Waals surface area contributed by atoms with Gasteiger partial charge in [-0.25, -0.2) is 0 Å². The van der Waals surface area contributed by atoms with Crippen LogP contribution in [0.5, 0.6) is 5.75 Å². The first-order chi connectivity index (χ1) is 10.6. The van der Waals surface area contributed by atoms with Crippen molar-refractivity contribution < 1.29 is 19.1 Å². The topological polar surface area (TPSA) is 83.1 Å². The molecule has 0 spiro atoms. The number of hydrogen-bond donors (Lipinski definition) is 1. The minimum absolute atomic E-state index is 0.0200. The Bertz CT molecular complexity index is 803. The maximum absolute atomic E-state index is 12.4. The van der Waals surface area contributed by atoms with Gasteiger partial charge in [-0.2, -0.15) is 10.1 Å². The van der Waals surface area contributed by atoms with E-state index >= 15 is 0 Å². The average molecular weight is 296 g/mol. The number of hydrogen-bond acceptors (Lipinski definition) is 5. The summed E-state index contributed by atoms with van der Waals surface area (Å²) in [7, 11) is 0. The molecular formula is C16H12N2O4. The standard InChI is InChI=1S/C16H12N2O4/c1-10-13(9-11-5-4-8-22-11)16(21)18(17-10)15(20)12-6-2-3-7-14(12)19/h2-9,19H,1H3/b13-9-. The lowest BCUT2D eigenvalue weighted by molar-refractivity contribution is -0.123. The van der Waals surface area contributed by atoms with Gasteiger partial charge < -0.3 is 9.52 Å². The first-order valence-corrected chi connectivity index (χ1v) is 6.55. The molecular weight excluding hydrogens is 284 g/mol. The van der Waals surface area contributed by atoms with Crippen LogP contribution in [0.1, 0.15) is 23.0 Å². The molecule has 0 fully saturated rings. The molecule has 110 valence electrons. The average Bonchev–Trinajstić information content (AvgIpc) is 3.11. The normalized spacial score (nSPS) is 16.2. The minimum atomic E-state index is -0.676. The predicted octanol–water partition coefficient (Wildman–Crippen LogP) is 2.43. The molecule has 2 amide bonds. The van der Waals surface area contributed by atoms with Crippen molar-refractivity contribution in [2.45, 2.75) is 6.92 Å². The minimum Gasteiger partial charge on any atom is -0.507 e. The van der Waals surface area contributed by atoms with Gasteiger partial charge in [0.25, 0.3) is 11.8 Å². The van der Waals surface area contributed by atoms with Crippen molar-refractivity contribution in [3.63, 3.8) is 0 Å². The summed E-state index contributed by atoms with van der Waals surface area (Å²) in [6, 6.07) is 9.40. The highest BCUT2D eigenvalue weighted by atomic mass is 16.3. The number of hydrazone groups is 1. The van der Waals surface area contributed by atoms with Crippen LogP contribution in [0, 0.1) is 0 Å². The zero-order valence-electron chi connectivity index (χ0n) is 11.7. The number of carbonyl (C=O) groups is 2. The second kappa shape index (κ2) is 5.33. The lowest BCUT2D eigenvalue weighted by atomic mass is 10.1. The zero-order chi connectivity index (χ0) is 15.7. The molecule has 0 radical (unpaired) electrons. The van der Waals surface area contributed by atoms with E-state index in [1.54, 1.807) is 31.2 Å². The number of phenols is 1. The molecule has 0 saturated carbocycles. The summed E-state index contributed by atoms with van der Waals surface area (Å²) in [5, 5.41) is 14.5. The summed E-state index contributed by atoms with van der Waals surface area (Å²) < 4.78 is 5.16. The van der Waals surface area contributed by atoms with E-state index in [2.05, 4.69) is 5.10 Å². The Labute approximate surface area is 126 Å². The zero-order valence-corrected chi connectivity index (χ0v) is 11.7. The molecule has 1 aromatic carbocycles. The monoisotopic (exact) mass is 296 g/mol. The summed E-state index contributed by atoms with van der Waals surface area (Å²) in [4.78, 5) is 24.7. The van der Waals surface area contributed by atoms with Gasteiger partial charge in [-0.15, -0.1) is 0 Å². The van der Waals surface area contributed by atoms with E-state index in [-0.39, 0.29) is 16.9 Å². The molecule has 0 saturated heterocycles. The Balaban J connectivity index is 1.93. The first-order valence-electron chi connectivity index (χ1n) is 6.55. The number of rotatable bonds is 2. The summed E-state index contributed by atoms with van der Waals surface area (Å²) in [6.45, 7) is 1.63. The van der Waals surface area contributed by atoms with Gasteiger partial charge in [0.2, 0.25) is 0 Å². The number of aromatic hydroxyl groups is 1. The Hall–Kier alpha value is -3.15. The van der Waals surface area contributed by atoms with Crippen LogP contribution in [0.15, 0.2) is 57.8 Å². The molecule has 0 unspecified atom stereocenters. The lowest BCUT2D eigenvalue weighted by Gasteiger charge is -2.10. The van der Waals surface area contributed by atoms with Gasteiger partial charge in [0, 0.05) is 0 Å². The van der Waals surface area contributed by atoms with E-state index in [0.29, 0.717) is 11.5 Å². The number of benzene rings is 1. The smallest absolute Gasteiger partial charge is 0.285 e. The van der Waals surface area contributed by atoms with Gasteiger partial charge in [-0.05, 0) is 37.3 Å². The molecule has 1 aromatic heterocycles. The van der Waals surface area contributed by atoms with Crippen molar-refractivity contribution in [1.29, 1.82) is 0 Å². The Kier molecular flexibility index (Phi) is 3.34. The van der Waals surface area contributed by atoms with Gasteiger partial charge in [0.15, 0.2) is 0 Å².